The van der Waals surface area contributed by atoms with Gasteiger partial charge in [-0.3, -0.25) is 4.90 Å². The summed E-state index contributed by atoms with van der Waals surface area (Å²) in [6.07, 6.45) is 2.17. The maximum Gasteiger partial charge on any atom is 0.121 e. The summed E-state index contributed by atoms with van der Waals surface area (Å²) in [5.74, 6) is 1.05. The molecule has 2 unspecified atom stereocenters. The predicted octanol–water partition coefficient (Wildman–Crippen LogP) is 1.87. The van der Waals surface area contributed by atoms with Gasteiger partial charge in [0.05, 0.1) is 17.6 Å². The van der Waals surface area contributed by atoms with Crippen molar-refractivity contribution in [3.05, 3.63) is 30.1 Å². The van der Waals surface area contributed by atoms with Crippen LogP contribution in [-0.2, 0) is 6.54 Å². The number of rotatable bonds is 2. The highest BCUT2D eigenvalue weighted by Crippen LogP contribution is 2.19. The first-order chi connectivity index (χ1) is 8.72. The number of hydrogen-bond donors (Lipinski definition) is 2. The van der Waals surface area contributed by atoms with Crippen molar-refractivity contribution in [3.8, 4) is 0 Å². The van der Waals surface area contributed by atoms with Gasteiger partial charge in [-0.15, -0.1) is 0 Å². The molecule has 4 heteroatoms. The lowest BCUT2D eigenvalue weighted by Gasteiger charge is -2.35. The molecule has 0 spiro atoms. The summed E-state index contributed by atoms with van der Waals surface area (Å²) >= 11 is 0. The summed E-state index contributed by atoms with van der Waals surface area (Å²) in [7, 11) is 0. The minimum absolute atomic E-state index is 0.368. The Morgan fingerprint density at radius 2 is 2.28 bits per heavy atom. The number of piperidine rings is 1. The van der Waals surface area contributed by atoms with Crippen molar-refractivity contribution < 1.29 is 0 Å². The molecule has 18 heavy (non-hydrogen) atoms. The van der Waals surface area contributed by atoms with E-state index in [4.69, 9.17) is 5.73 Å². The number of benzene rings is 1. The molecular weight excluding hydrogens is 224 g/mol. The van der Waals surface area contributed by atoms with E-state index in [1.807, 2.05) is 18.2 Å². The number of likely N-dealkylation sites (tertiary alicyclic amines) is 1. The summed E-state index contributed by atoms with van der Waals surface area (Å²) in [5, 5.41) is 0. The zero-order valence-corrected chi connectivity index (χ0v) is 10.8. The second-order valence-corrected chi connectivity index (χ2v) is 5.30. The summed E-state index contributed by atoms with van der Waals surface area (Å²) in [6.45, 7) is 4.21. The fourth-order valence-corrected chi connectivity index (χ4v) is 2.76. The molecule has 3 N–H and O–H groups in total. The Labute approximate surface area is 107 Å². The van der Waals surface area contributed by atoms with Crippen LogP contribution in [-0.4, -0.2) is 33.5 Å². The van der Waals surface area contributed by atoms with Crippen LogP contribution in [0.4, 0.5) is 0 Å². The molecule has 4 nitrogen and oxygen atoms in total. The largest absolute Gasteiger partial charge is 0.341 e. The average Bonchev–Trinajstić information content (AvgIpc) is 2.75. The van der Waals surface area contributed by atoms with Gasteiger partial charge in [-0.2, -0.15) is 0 Å². The fraction of sp³-hybridized carbons (Fsp3) is 0.500. The normalized spacial score (nSPS) is 25.7. The van der Waals surface area contributed by atoms with Crippen LogP contribution in [0.2, 0.25) is 0 Å². The Morgan fingerprint density at radius 3 is 3.06 bits per heavy atom. The molecule has 0 amide bonds. The Bertz CT molecular complexity index is 500. The van der Waals surface area contributed by atoms with E-state index < -0.39 is 0 Å². The van der Waals surface area contributed by atoms with Crippen molar-refractivity contribution in [2.24, 2.45) is 5.73 Å². The summed E-state index contributed by atoms with van der Waals surface area (Å²) in [4.78, 5) is 10.5. The summed E-state index contributed by atoms with van der Waals surface area (Å²) < 4.78 is 0. The number of fused-ring (bicyclic) bond motifs is 1. The number of aromatic amines is 1. The van der Waals surface area contributed by atoms with Crippen molar-refractivity contribution >= 4 is 11.0 Å². The number of hydrogen-bond acceptors (Lipinski definition) is 3. The highest BCUT2D eigenvalue weighted by molar-refractivity contribution is 5.74. The van der Waals surface area contributed by atoms with E-state index in [-0.39, 0.29) is 0 Å². The van der Waals surface area contributed by atoms with Gasteiger partial charge in [-0.05, 0) is 31.9 Å². The van der Waals surface area contributed by atoms with Crippen LogP contribution in [0, 0.1) is 0 Å². The number of nitrogens with one attached hydrogen (secondary N) is 1. The molecular formula is C14H20N4. The molecule has 2 aromatic rings. The molecule has 1 aromatic carbocycles. The molecule has 1 saturated heterocycles. The SMILES string of the molecule is CC1CC(N)CCN1Cc1nc2ccccc2[nH]1. The van der Waals surface area contributed by atoms with E-state index in [2.05, 4.69) is 27.9 Å². The minimum atomic E-state index is 0.368. The monoisotopic (exact) mass is 244 g/mol. The first kappa shape index (κ1) is 11.7. The quantitative estimate of drug-likeness (QED) is 0.848. The molecule has 2 atom stereocenters. The van der Waals surface area contributed by atoms with Crippen LogP contribution in [0.3, 0.4) is 0 Å². The Balaban J connectivity index is 1.75. The Hall–Kier alpha value is -1.39. The van der Waals surface area contributed by atoms with Gasteiger partial charge < -0.3 is 10.7 Å². The van der Waals surface area contributed by atoms with Gasteiger partial charge in [-0.1, -0.05) is 12.1 Å². The molecule has 1 fully saturated rings. The lowest BCUT2D eigenvalue weighted by Crippen LogP contribution is -2.45. The van der Waals surface area contributed by atoms with Crippen molar-refractivity contribution in [3.63, 3.8) is 0 Å². The van der Waals surface area contributed by atoms with Crippen molar-refractivity contribution in [2.45, 2.75) is 38.4 Å². The van der Waals surface area contributed by atoms with Crippen LogP contribution in [0.1, 0.15) is 25.6 Å². The molecule has 0 bridgehead atoms. The van der Waals surface area contributed by atoms with Crippen molar-refractivity contribution in [1.82, 2.24) is 14.9 Å². The molecule has 1 aliphatic rings. The maximum atomic E-state index is 5.99. The van der Waals surface area contributed by atoms with Crippen LogP contribution in [0.15, 0.2) is 24.3 Å². The van der Waals surface area contributed by atoms with E-state index in [0.717, 1.165) is 42.8 Å². The Kier molecular flexibility index (Phi) is 3.06. The van der Waals surface area contributed by atoms with Crippen molar-refractivity contribution in [1.29, 1.82) is 0 Å². The minimum Gasteiger partial charge on any atom is -0.341 e. The molecule has 0 aliphatic carbocycles. The Morgan fingerprint density at radius 1 is 1.44 bits per heavy atom. The lowest BCUT2D eigenvalue weighted by atomic mass is 9.99. The first-order valence-corrected chi connectivity index (χ1v) is 6.65. The smallest absolute Gasteiger partial charge is 0.121 e. The highest BCUT2D eigenvalue weighted by Gasteiger charge is 2.23. The standard InChI is InChI=1S/C14H20N4/c1-10-8-11(15)6-7-18(10)9-14-16-12-4-2-3-5-13(12)17-14/h2-5,10-11H,6-9,15H2,1H3,(H,16,17). The molecule has 96 valence electrons. The van der Waals surface area contributed by atoms with Gasteiger partial charge in [0, 0.05) is 18.6 Å². The van der Waals surface area contributed by atoms with Crippen molar-refractivity contribution in [2.75, 3.05) is 6.54 Å². The van der Waals surface area contributed by atoms with Crippen LogP contribution < -0.4 is 5.73 Å². The lowest BCUT2D eigenvalue weighted by molar-refractivity contribution is 0.137. The van der Waals surface area contributed by atoms with E-state index in [1.165, 1.54) is 0 Å². The van der Waals surface area contributed by atoms with E-state index in [9.17, 15) is 0 Å². The number of aromatic nitrogens is 2. The number of nitrogens with two attached hydrogens (primary N) is 1. The molecule has 0 radical (unpaired) electrons. The molecule has 2 heterocycles. The van der Waals surface area contributed by atoms with Crippen LogP contribution in [0.5, 0.6) is 0 Å². The second-order valence-electron chi connectivity index (χ2n) is 5.30. The first-order valence-electron chi connectivity index (χ1n) is 6.65. The topological polar surface area (TPSA) is 57.9 Å². The number of imidazole rings is 1. The summed E-state index contributed by atoms with van der Waals surface area (Å²) in [6, 6.07) is 9.09. The molecule has 1 aromatic heterocycles. The van der Waals surface area contributed by atoms with Gasteiger partial charge in [0.2, 0.25) is 0 Å². The maximum absolute atomic E-state index is 5.99. The number of nitrogens with zero attached hydrogens (tertiary/aromatic N) is 2. The van der Waals surface area contributed by atoms with E-state index in [0.29, 0.717) is 12.1 Å². The average molecular weight is 244 g/mol. The molecule has 1 aliphatic heterocycles. The zero-order chi connectivity index (χ0) is 12.5. The number of H-pyrrole nitrogens is 1. The van der Waals surface area contributed by atoms with Gasteiger partial charge in [-0.25, -0.2) is 4.98 Å². The third-order valence-corrected chi connectivity index (χ3v) is 3.85. The predicted molar refractivity (Wildman–Crippen MR) is 73.2 cm³/mol. The zero-order valence-electron chi connectivity index (χ0n) is 10.8. The second kappa shape index (κ2) is 4.71. The van der Waals surface area contributed by atoms with Crippen LogP contribution >= 0.6 is 0 Å². The number of para-hydroxylation sites is 2. The van der Waals surface area contributed by atoms with Gasteiger partial charge in [0.25, 0.3) is 0 Å². The third-order valence-electron chi connectivity index (χ3n) is 3.85. The molecule has 3 rings (SSSR count). The molecule has 0 saturated carbocycles. The van der Waals surface area contributed by atoms with Gasteiger partial charge >= 0.3 is 0 Å². The van der Waals surface area contributed by atoms with Gasteiger partial charge in [0.15, 0.2) is 0 Å². The highest BCUT2D eigenvalue weighted by atomic mass is 15.2. The van der Waals surface area contributed by atoms with Crippen LogP contribution in [0.25, 0.3) is 11.0 Å². The van der Waals surface area contributed by atoms with Gasteiger partial charge in [0.1, 0.15) is 5.82 Å². The fourth-order valence-electron chi connectivity index (χ4n) is 2.76. The third kappa shape index (κ3) is 2.26. The van der Waals surface area contributed by atoms with E-state index >= 15 is 0 Å². The summed E-state index contributed by atoms with van der Waals surface area (Å²) in [5.41, 5.74) is 8.16. The van der Waals surface area contributed by atoms with E-state index in [1.54, 1.807) is 0 Å².